The van der Waals surface area contributed by atoms with E-state index in [2.05, 4.69) is 0 Å². The van der Waals surface area contributed by atoms with E-state index in [9.17, 15) is 14.4 Å². The molecule has 1 aliphatic heterocycles. The van der Waals surface area contributed by atoms with Crippen LogP contribution in [0.2, 0.25) is 0 Å². The molecule has 1 saturated heterocycles. The van der Waals surface area contributed by atoms with Crippen molar-refractivity contribution in [3.8, 4) is 11.5 Å². The zero-order valence-corrected chi connectivity index (χ0v) is 16.5. The van der Waals surface area contributed by atoms with E-state index in [0.29, 0.717) is 30.9 Å². The smallest absolute Gasteiger partial charge is 0.335 e. The van der Waals surface area contributed by atoms with Gasteiger partial charge in [-0.05, 0) is 48.5 Å². The van der Waals surface area contributed by atoms with Crippen molar-refractivity contribution in [1.29, 1.82) is 0 Å². The van der Waals surface area contributed by atoms with Gasteiger partial charge in [-0.2, -0.15) is 0 Å². The lowest BCUT2D eigenvalue weighted by molar-refractivity contribution is -0.132. The normalized spacial score (nSPS) is 18.1. The van der Waals surface area contributed by atoms with Gasteiger partial charge in [-0.3, -0.25) is 4.79 Å². The molecule has 2 N–H and O–H groups in total. The van der Waals surface area contributed by atoms with Gasteiger partial charge in [0.05, 0.1) is 23.7 Å². The summed E-state index contributed by atoms with van der Waals surface area (Å²) >= 11 is 0. The molecule has 30 heavy (non-hydrogen) atoms. The van der Waals surface area contributed by atoms with E-state index in [4.69, 9.17) is 19.7 Å². The Balaban J connectivity index is 1.63. The molecule has 1 amide bonds. The standard InChI is InChI=1S/C22H23NO7/c1-2-20(24)23-12-19(30-18-9-5-15(6-10-18)22(27)28)11-16(23)13-29-17-7-3-14(4-8-17)21(25)26/h3-10,16,19H,2,11-13H2,1H3,(H,25,26)(H,27,28)/t16-,19-/m0/s1. The quantitative estimate of drug-likeness (QED) is 0.684. The molecule has 2 atom stereocenters. The van der Waals surface area contributed by atoms with Crippen LogP contribution < -0.4 is 9.47 Å². The van der Waals surface area contributed by atoms with Gasteiger partial charge >= 0.3 is 11.9 Å². The fraction of sp³-hybridized carbons (Fsp3) is 0.318. The Morgan fingerprint density at radius 1 is 0.933 bits per heavy atom. The first-order valence-electron chi connectivity index (χ1n) is 9.63. The highest BCUT2D eigenvalue weighted by atomic mass is 16.5. The monoisotopic (exact) mass is 413 g/mol. The summed E-state index contributed by atoms with van der Waals surface area (Å²) in [4.78, 5) is 36.0. The van der Waals surface area contributed by atoms with Gasteiger partial charge in [-0.15, -0.1) is 0 Å². The Morgan fingerprint density at radius 3 is 1.97 bits per heavy atom. The second kappa shape index (κ2) is 9.30. The summed E-state index contributed by atoms with van der Waals surface area (Å²) in [6.45, 7) is 2.47. The molecule has 2 aromatic carbocycles. The van der Waals surface area contributed by atoms with E-state index >= 15 is 0 Å². The van der Waals surface area contributed by atoms with Crippen LogP contribution >= 0.6 is 0 Å². The number of carboxylic acids is 2. The molecule has 158 valence electrons. The van der Waals surface area contributed by atoms with Crippen molar-refractivity contribution in [2.75, 3.05) is 13.2 Å². The van der Waals surface area contributed by atoms with E-state index < -0.39 is 11.9 Å². The van der Waals surface area contributed by atoms with Crippen molar-refractivity contribution in [2.24, 2.45) is 0 Å². The van der Waals surface area contributed by atoms with Crippen LogP contribution in [-0.2, 0) is 4.79 Å². The van der Waals surface area contributed by atoms with Crippen LogP contribution in [0.5, 0.6) is 11.5 Å². The van der Waals surface area contributed by atoms with Crippen molar-refractivity contribution in [2.45, 2.75) is 31.9 Å². The molecule has 1 fully saturated rings. The van der Waals surface area contributed by atoms with E-state index in [1.807, 2.05) is 0 Å². The molecule has 0 bridgehead atoms. The highest BCUT2D eigenvalue weighted by Gasteiger charge is 2.36. The number of carboxylic acid groups (broad SMARTS) is 2. The van der Waals surface area contributed by atoms with Crippen molar-refractivity contribution in [3.05, 3.63) is 59.7 Å². The lowest BCUT2D eigenvalue weighted by Crippen LogP contribution is -2.39. The number of amides is 1. The van der Waals surface area contributed by atoms with Crippen LogP contribution in [0.1, 0.15) is 40.5 Å². The lowest BCUT2D eigenvalue weighted by atomic mass is 10.2. The third kappa shape index (κ3) is 5.08. The number of aromatic carboxylic acids is 2. The molecule has 0 unspecified atom stereocenters. The molecule has 8 heteroatoms. The molecule has 1 heterocycles. The summed E-state index contributed by atoms with van der Waals surface area (Å²) in [6, 6.07) is 12.1. The third-order valence-electron chi connectivity index (χ3n) is 4.95. The molecular formula is C22H23NO7. The summed E-state index contributed by atoms with van der Waals surface area (Å²) in [7, 11) is 0. The van der Waals surface area contributed by atoms with Crippen LogP contribution in [0.25, 0.3) is 0 Å². The molecule has 0 radical (unpaired) electrons. The van der Waals surface area contributed by atoms with Gasteiger partial charge in [-0.1, -0.05) is 6.92 Å². The number of rotatable bonds is 8. The highest BCUT2D eigenvalue weighted by Crippen LogP contribution is 2.25. The maximum absolute atomic E-state index is 12.4. The molecule has 0 aliphatic carbocycles. The molecule has 0 spiro atoms. The first-order valence-corrected chi connectivity index (χ1v) is 9.63. The maximum Gasteiger partial charge on any atom is 0.335 e. The Morgan fingerprint density at radius 2 is 1.47 bits per heavy atom. The van der Waals surface area contributed by atoms with Crippen LogP contribution in [0, 0.1) is 0 Å². The van der Waals surface area contributed by atoms with E-state index in [0.717, 1.165) is 0 Å². The second-order valence-electron chi connectivity index (χ2n) is 7.00. The minimum Gasteiger partial charge on any atom is -0.491 e. The molecule has 3 rings (SSSR count). The number of nitrogens with zero attached hydrogens (tertiary/aromatic N) is 1. The molecular weight excluding hydrogens is 390 g/mol. The first-order chi connectivity index (χ1) is 14.4. The predicted octanol–water partition coefficient (Wildman–Crippen LogP) is 2.92. The summed E-state index contributed by atoms with van der Waals surface area (Å²) in [5.74, 6) is -0.946. The summed E-state index contributed by atoms with van der Waals surface area (Å²) in [6.07, 6.45) is 0.697. The van der Waals surface area contributed by atoms with Crippen molar-refractivity contribution >= 4 is 17.8 Å². The minimum absolute atomic E-state index is 0.00264. The van der Waals surface area contributed by atoms with Gasteiger partial charge in [0.25, 0.3) is 0 Å². The Kier molecular flexibility index (Phi) is 6.56. The molecule has 1 aliphatic rings. The average Bonchev–Trinajstić information content (AvgIpc) is 3.15. The second-order valence-corrected chi connectivity index (χ2v) is 7.00. The largest absolute Gasteiger partial charge is 0.491 e. The summed E-state index contributed by atoms with van der Waals surface area (Å²) in [5.41, 5.74) is 0.352. The maximum atomic E-state index is 12.4. The molecule has 0 saturated carbocycles. The fourth-order valence-corrected chi connectivity index (χ4v) is 3.38. The zero-order chi connectivity index (χ0) is 21.7. The molecule has 0 aromatic heterocycles. The third-order valence-corrected chi connectivity index (χ3v) is 4.95. The topological polar surface area (TPSA) is 113 Å². The van der Waals surface area contributed by atoms with Gasteiger partial charge in [0.15, 0.2) is 0 Å². The number of hydrogen-bond acceptors (Lipinski definition) is 5. The van der Waals surface area contributed by atoms with Crippen LogP contribution in [0.3, 0.4) is 0 Å². The van der Waals surface area contributed by atoms with Crippen molar-refractivity contribution in [3.63, 3.8) is 0 Å². The van der Waals surface area contributed by atoms with Gasteiger partial charge < -0.3 is 24.6 Å². The average molecular weight is 413 g/mol. The van der Waals surface area contributed by atoms with Gasteiger partial charge in [-0.25, -0.2) is 9.59 Å². The minimum atomic E-state index is -1.01. The van der Waals surface area contributed by atoms with Gasteiger partial charge in [0.2, 0.25) is 5.91 Å². The van der Waals surface area contributed by atoms with E-state index in [1.54, 1.807) is 36.1 Å². The van der Waals surface area contributed by atoms with Crippen LogP contribution in [0.4, 0.5) is 0 Å². The molecule has 2 aromatic rings. The van der Waals surface area contributed by atoms with E-state index in [-0.39, 0.29) is 35.8 Å². The van der Waals surface area contributed by atoms with Crippen molar-refractivity contribution < 1.29 is 34.1 Å². The lowest BCUT2D eigenvalue weighted by Gasteiger charge is -2.24. The Bertz CT molecular complexity index is 908. The number of carbonyl (C=O) groups excluding carboxylic acids is 1. The highest BCUT2D eigenvalue weighted by molar-refractivity contribution is 5.88. The van der Waals surface area contributed by atoms with E-state index in [1.165, 1.54) is 24.3 Å². The number of carbonyl (C=O) groups is 3. The van der Waals surface area contributed by atoms with Gasteiger partial charge in [0, 0.05) is 12.8 Å². The SMILES string of the molecule is CCC(=O)N1C[C@@H](Oc2ccc(C(=O)O)cc2)C[C@H]1COc1ccc(C(=O)O)cc1. The molecule has 8 nitrogen and oxygen atoms in total. The Hall–Kier alpha value is -3.55. The number of likely N-dealkylation sites (tertiary alicyclic amines) is 1. The fourth-order valence-electron chi connectivity index (χ4n) is 3.38. The number of hydrogen-bond donors (Lipinski definition) is 2. The summed E-state index contributed by atoms with van der Waals surface area (Å²) < 4.78 is 11.7. The summed E-state index contributed by atoms with van der Waals surface area (Å²) in [5, 5.41) is 18.0. The zero-order valence-electron chi connectivity index (χ0n) is 16.5. The van der Waals surface area contributed by atoms with Crippen molar-refractivity contribution in [1.82, 2.24) is 4.90 Å². The number of benzene rings is 2. The Labute approximate surface area is 173 Å². The first kappa shape index (κ1) is 21.2. The van der Waals surface area contributed by atoms with Gasteiger partial charge in [0.1, 0.15) is 24.2 Å². The predicted molar refractivity (Wildman–Crippen MR) is 107 cm³/mol. The number of ether oxygens (including phenoxy) is 2. The van der Waals surface area contributed by atoms with Crippen LogP contribution in [0.15, 0.2) is 48.5 Å². The van der Waals surface area contributed by atoms with Crippen LogP contribution in [-0.4, -0.2) is 58.3 Å².